The van der Waals surface area contributed by atoms with Crippen molar-refractivity contribution in [3.63, 3.8) is 0 Å². The zero-order chi connectivity index (χ0) is 16.8. The van der Waals surface area contributed by atoms with Gasteiger partial charge in [0.1, 0.15) is 0 Å². The maximum absolute atomic E-state index is 12.5. The lowest BCUT2D eigenvalue weighted by molar-refractivity contribution is -0.139. The number of alkyl halides is 4. The molecular weight excluding hydrogens is 300 g/mol. The highest BCUT2D eigenvalue weighted by molar-refractivity contribution is 5.94. The summed E-state index contributed by atoms with van der Waals surface area (Å²) in [6.07, 6.45) is -4.63. The van der Waals surface area contributed by atoms with E-state index in [1.54, 1.807) is 5.32 Å². The lowest BCUT2D eigenvalue weighted by Crippen LogP contribution is -2.47. The topological polar surface area (TPSA) is 95.5 Å². The van der Waals surface area contributed by atoms with E-state index in [4.69, 9.17) is 5.11 Å². The van der Waals surface area contributed by atoms with Gasteiger partial charge in [-0.1, -0.05) is 13.8 Å². The van der Waals surface area contributed by atoms with Crippen molar-refractivity contribution in [3.8, 4) is 0 Å². The van der Waals surface area contributed by atoms with Gasteiger partial charge in [-0.15, -0.1) is 0 Å². The first kappa shape index (κ1) is 19.1. The number of carboxylic acids is 1. The second-order valence-electron chi connectivity index (χ2n) is 5.20. The number of rotatable bonds is 7. The van der Waals surface area contributed by atoms with Crippen molar-refractivity contribution < 1.29 is 37.1 Å². The minimum atomic E-state index is -4.40. The second kappa shape index (κ2) is 7.23. The molecule has 21 heavy (non-hydrogen) atoms. The smallest absolute Gasteiger partial charge is 0.324 e. The van der Waals surface area contributed by atoms with Crippen LogP contribution in [-0.4, -0.2) is 41.9 Å². The number of carboxylic acid groups (broad SMARTS) is 1. The highest BCUT2D eigenvalue weighted by Gasteiger charge is 2.41. The fourth-order valence-electron chi connectivity index (χ4n) is 1.40. The van der Waals surface area contributed by atoms with E-state index in [-0.39, 0.29) is 12.8 Å². The summed E-state index contributed by atoms with van der Waals surface area (Å²) in [6.45, 7) is 1.30. The minimum absolute atomic E-state index is 0.342. The molecule has 0 fully saturated rings. The van der Waals surface area contributed by atoms with Crippen LogP contribution in [0, 0.1) is 5.41 Å². The van der Waals surface area contributed by atoms with Crippen molar-refractivity contribution in [2.45, 2.75) is 39.0 Å². The summed E-state index contributed by atoms with van der Waals surface area (Å²) in [5, 5.41) is 11.7. The normalized spacial score (nSPS) is 12.1. The summed E-state index contributed by atoms with van der Waals surface area (Å²) in [5.41, 5.74) is -0.955. The lowest BCUT2D eigenvalue weighted by atomic mass is 9.85. The van der Waals surface area contributed by atoms with Crippen molar-refractivity contribution in [3.05, 3.63) is 0 Å². The summed E-state index contributed by atoms with van der Waals surface area (Å²) in [7, 11) is 0. The Morgan fingerprint density at radius 2 is 1.67 bits per heavy atom. The molecule has 0 aliphatic heterocycles. The monoisotopic (exact) mass is 316 g/mol. The number of nitrogens with one attached hydrogen (secondary N) is 2. The van der Waals surface area contributed by atoms with Crippen molar-refractivity contribution in [1.82, 2.24) is 10.6 Å². The maximum Gasteiger partial charge on any atom is 0.324 e. The number of carbonyl (C=O) groups excluding carboxylic acids is 2. The first-order chi connectivity index (χ1) is 9.35. The van der Waals surface area contributed by atoms with Crippen LogP contribution in [0.15, 0.2) is 0 Å². The Bertz CT molecular complexity index is 413. The Hall–Kier alpha value is -1.87. The number of aliphatic carboxylic acids is 1. The SMILES string of the molecule is CC(C)(CC(=O)O)CC(=O)NC(=O)NCC(F)(F)C(F)F. The van der Waals surface area contributed by atoms with Crippen LogP contribution in [0.2, 0.25) is 0 Å². The number of hydrogen-bond donors (Lipinski definition) is 3. The number of imide groups is 1. The van der Waals surface area contributed by atoms with Gasteiger partial charge in [0.05, 0.1) is 13.0 Å². The van der Waals surface area contributed by atoms with Crippen molar-refractivity contribution in [2.75, 3.05) is 6.54 Å². The Labute approximate surface area is 117 Å². The number of carbonyl (C=O) groups is 3. The van der Waals surface area contributed by atoms with E-state index in [1.807, 2.05) is 0 Å². The molecule has 0 heterocycles. The van der Waals surface area contributed by atoms with Gasteiger partial charge in [0.25, 0.3) is 0 Å². The Morgan fingerprint density at radius 1 is 1.14 bits per heavy atom. The fraction of sp³-hybridized carbons (Fsp3) is 0.727. The van der Waals surface area contributed by atoms with Gasteiger partial charge >= 0.3 is 24.3 Å². The molecule has 3 N–H and O–H groups in total. The van der Waals surface area contributed by atoms with E-state index in [2.05, 4.69) is 0 Å². The van der Waals surface area contributed by atoms with Crippen LogP contribution in [0.3, 0.4) is 0 Å². The summed E-state index contributed by atoms with van der Waals surface area (Å²) in [5.74, 6) is -6.45. The van der Waals surface area contributed by atoms with Crippen LogP contribution < -0.4 is 10.6 Å². The van der Waals surface area contributed by atoms with E-state index in [1.165, 1.54) is 19.2 Å². The van der Waals surface area contributed by atoms with E-state index in [0.29, 0.717) is 0 Å². The first-order valence-corrected chi connectivity index (χ1v) is 5.81. The molecule has 0 radical (unpaired) electrons. The summed E-state index contributed by atoms with van der Waals surface area (Å²) in [4.78, 5) is 33.0. The molecule has 0 unspecified atom stereocenters. The Kier molecular flexibility index (Phi) is 6.58. The average molecular weight is 316 g/mol. The zero-order valence-electron chi connectivity index (χ0n) is 11.4. The van der Waals surface area contributed by atoms with Crippen LogP contribution in [0.5, 0.6) is 0 Å². The summed E-state index contributed by atoms with van der Waals surface area (Å²) in [6, 6.07) is -1.36. The molecule has 0 aliphatic rings. The van der Waals surface area contributed by atoms with E-state index in [0.717, 1.165) is 0 Å². The molecule has 3 amide bonds. The fourth-order valence-corrected chi connectivity index (χ4v) is 1.40. The largest absolute Gasteiger partial charge is 0.481 e. The Balaban J connectivity index is 4.28. The molecule has 0 saturated heterocycles. The molecule has 0 aromatic carbocycles. The zero-order valence-corrected chi connectivity index (χ0v) is 11.4. The van der Waals surface area contributed by atoms with Gasteiger partial charge in [-0.3, -0.25) is 14.9 Å². The van der Waals surface area contributed by atoms with Gasteiger partial charge in [-0.05, 0) is 5.41 Å². The van der Waals surface area contributed by atoms with Crippen LogP contribution >= 0.6 is 0 Å². The molecule has 0 rings (SSSR count). The van der Waals surface area contributed by atoms with Gasteiger partial charge in [0.2, 0.25) is 5.91 Å². The number of urea groups is 1. The third-order valence-corrected chi connectivity index (χ3v) is 2.33. The molecule has 0 atom stereocenters. The van der Waals surface area contributed by atoms with Crippen LogP contribution in [0.4, 0.5) is 22.4 Å². The van der Waals surface area contributed by atoms with Crippen molar-refractivity contribution >= 4 is 17.9 Å². The molecule has 122 valence electrons. The van der Waals surface area contributed by atoms with Gasteiger partial charge in [-0.25, -0.2) is 13.6 Å². The van der Waals surface area contributed by atoms with Gasteiger partial charge in [0, 0.05) is 6.42 Å². The molecule has 0 bridgehead atoms. The highest BCUT2D eigenvalue weighted by atomic mass is 19.3. The highest BCUT2D eigenvalue weighted by Crippen LogP contribution is 2.24. The Morgan fingerprint density at radius 3 is 2.10 bits per heavy atom. The van der Waals surface area contributed by atoms with Crippen LogP contribution in [-0.2, 0) is 9.59 Å². The van der Waals surface area contributed by atoms with Gasteiger partial charge < -0.3 is 10.4 Å². The molecule has 0 aliphatic carbocycles. The average Bonchev–Trinajstić information content (AvgIpc) is 2.23. The number of hydrogen-bond acceptors (Lipinski definition) is 3. The molecule has 0 saturated carbocycles. The van der Waals surface area contributed by atoms with Gasteiger partial charge in [0.15, 0.2) is 0 Å². The predicted molar refractivity (Wildman–Crippen MR) is 63.1 cm³/mol. The summed E-state index contributed by atoms with van der Waals surface area (Å²) >= 11 is 0. The predicted octanol–water partition coefficient (Wildman–Crippen LogP) is 1.60. The van der Waals surface area contributed by atoms with Crippen LogP contribution in [0.1, 0.15) is 26.7 Å². The van der Waals surface area contributed by atoms with E-state index >= 15 is 0 Å². The molecule has 10 heteroatoms. The quantitative estimate of drug-likeness (QED) is 0.622. The number of amides is 3. The molecule has 0 aromatic heterocycles. The summed E-state index contributed by atoms with van der Waals surface area (Å²) < 4.78 is 48.7. The van der Waals surface area contributed by atoms with Crippen LogP contribution in [0.25, 0.3) is 0 Å². The van der Waals surface area contributed by atoms with E-state index in [9.17, 15) is 31.9 Å². The molecule has 0 aromatic rings. The first-order valence-electron chi connectivity index (χ1n) is 5.81. The molecule has 0 spiro atoms. The van der Waals surface area contributed by atoms with Crippen molar-refractivity contribution in [2.24, 2.45) is 5.41 Å². The molecule has 6 nitrogen and oxygen atoms in total. The maximum atomic E-state index is 12.5. The van der Waals surface area contributed by atoms with Gasteiger partial charge in [-0.2, -0.15) is 8.78 Å². The van der Waals surface area contributed by atoms with E-state index < -0.39 is 42.2 Å². The second-order valence-corrected chi connectivity index (χ2v) is 5.20. The lowest BCUT2D eigenvalue weighted by Gasteiger charge is -2.21. The molecular formula is C11H16F4N2O4. The third-order valence-electron chi connectivity index (χ3n) is 2.33. The minimum Gasteiger partial charge on any atom is -0.481 e. The van der Waals surface area contributed by atoms with Crippen molar-refractivity contribution in [1.29, 1.82) is 0 Å². The standard InChI is InChI=1S/C11H16F4N2O4/c1-10(2,4-7(19)20)3-6(18)17-9(21)16-5-11(14,15)8(12)13/h8H,3-5H2,1-2H3,(H,19,20)(H2,16,17,18,21). The third kappa shape index (κ3) is 8.10. The number of halogens is 4.